The molecule has 1 aromatic carbocycles. The van der Waals surface area contributed by atoms with Gasteiger partial charge in [-0.15, -0.1) is 0 Å². The second kappa shape index (κ2) is 7.43. The number of rotatable bonds is 3. The molecule has 8 nitrogen and oxygen atoms in total. The van der Waals surface area contributed by atoms with Gasteiger partial charge in [0.05, 0.1) is 16.1 Å². The minimum atomic E-state index is -3.76. The van der Waals surface area contributed by atoms with Crippen LogP contribution in [-0.4, -0.2) is 61.7 Å². The Hall–Kier alpha value is -2.43. The highest BCUT2D eigenvalue weighted by molar-refractivity contribution is 7.89. The number of aryl methyl sites for hydroxylation is 1. The van der Waals surface area contributed by atoms with E-state index in [1.165, 1.54) is 21.7 Å². The Balaban J connectivity index is 1.53. The van der Waals surface area contributed by atoms with Crippen molar-refractivity contribution in [3.05, 3.63) is 40.1 Å². The zero-order valence-electron chi connectivity index (χ0n) is 16.0. The molecule has 2 aromatic rings. The number of benzene rings is 1. The average Bonchev–Trinajstić information content (AvgIpc) is 3.23. The van der Waals surface area contributed by atoms with Gasteiger partial charge in [-0.25, -0.2) is 8.42 Å². The number of fused-ring (bicyclic) bond motifs is 1. The summed E-state index contributed by atoms with van der Waals surface area (Å²) >= 11 is 1.46. The van der Waals surface area contributed by atoms with Crippen LogP contribution in [0.2, 0.25) is 0 Å². The molecule has 2 aliphatic rings. The third-order valence-corrected chi connectivity index (χ3v) is 7.84. The number of nitrogens with one attached hydrogen (secondary N) is 1. The maximum absolute atomic E-state index is 13.2. The van der Waals surface area contributed by atoms with Crippen LogP contribution in [0.25, 0.3) is 0 Å². The maximum atomic E-state index is 13.2. The summed E-state index contributed by atoms with van der Waals surface area (Å²) in [5, 5.41) is 6.36. The molecule has 0 aliphatic carbocycles. The van der Waals surface area contributed by atoms with Crippen LogP contribution < -0.4 is 10.1 Å². The van der Waals surface area contributed by atoms with Crippen LogP contribution in [0.15, 0.2) is 33.9 Å². The molecule has 154 valence electrons. The average molecular weight is 436 g/mol. The summed E-state index contributed by atoms with van der Waals surface area (Å²) in [6.45, 7) is 4.41. The fourth-order valence-corrected chi connectivity index (χ4v) is 5.73. The number of hydrogen-bond donors (Lipinski definition) is 1. The lowest BCUT2D eigenvalue weighted by Crippen LogP contribution is -2.50. The molecular formula is C19H21N3O5S2. The van der Waals surface area contributed by atoms with Crippen molar-refractivity contribution in [1.82, 2.24) is 9.21 Å². The second-order valence-electron chi connectivity index (χ2n) is 7.07. The number of carbonyl (C=O) groups excluding carboxylic acids is 2. The molecule has 0 saturated carbocycles. The first-order valence-electron chi connectivity index (χ1n) is 9.21. The molecule has 0 unspecified atom stereocenters. The lowest BCUT2D eigenvalue weighted by Gasteiger charge is -2.34. The van der Waals surface area contributed by atoms with Crippen molar-refractivity contribution >= 4 is 38.9 Å². The summed E-state index contributed by atoms with van der Waals surface area (Å²) in [7, 11) is -3.76. The Morgan fingerprint density at radius 2 is 1.97 bits per heavy atom. The number of hydrogen-bond acceptors (Lipinski definition) is 6. The van der Waals surface area contributed by atoms with E-state index in [-0.39, 0.29) is 29.8 Å². The van der Waals surface area contributed by atoms with E-state index in [0.717, 1.165) is 0 Å². The summed E-state index contributed by atoms with van der Waals surface area (Å²) in [5.74, 6) is -0.00199. The summed E-state index contributed by atoms with van der Waals surface area (Å²) < 4.78 is 33.4. The van der Waals surface area contributed by atoms with E-state index in [0.29, 0.717) is 35.7 Å². The van der Waals surface area contributed by atoms with Crippen LogP contribution in [0.3, 0.4) is 0 Å². The molecule has 3 heterocycles. The first-order valence-corrected chi connectivity index (χ1v) is 11.6. The molecule has 1 atom stereocenters. The highest BCUT2D eigenvalue weighted by Gasteiger charge is 2.33. The van der Waals surface area contributed by atoms with Crippen molar-refractivity contribution in [1.29, 1.82) is 0 Å². The zero-order chi connectivity index (χ0) is 20.8. The van der Waals surface area contributed by atoms with Crippen LogP contribution >= 0.6 is 11.3 Å². The minimum absolute atomic E-state index is 0.0774. The Kier molecular flexibility index (Phi) is 5.09. The zero-order valence-corrected chi connectivity index (χ0v) is 17.7. The van der Waals surface area contributed by atoms with Gasteiger partial charge in [-0.1, -0.05) is 0 Å². The summed E-state index contributed by atoms with van der Waals surface area (Å²) in [4.78, 5) is 26.1. The Morgan fingerprint density at radius 1 is 1.24 bits per heavy atom. The predicted molar refractivity (Wildman–Crippen MR) is 109 cm³/mol. The molecule has 0 spiro atoms. The van der Waals surface area contributed by atoms with Crippen molar-refractivity contribution in [2.24, 2.45) is 0 Å². The molecule has 1 fully saturated rings. The number of carbonyl (C=O) groups is 2. The Bertz CT molecular complexity index is 1060. The molecule has 2 amide bonds. The molecule has 1 N–H and O–H groups in total. The van der Waals surface area contributed by atoms with E-state index in [2.05, 4.69) is 5.32 Å². The van der Waals surface area contributed by atoms with Crippen molar-refractivity contribution < 1.29 is 22.7 Å². The first kappa shape index (κ1) is 19.9. The number of anilines is 1. The topological polar surface area (TPSA) is 96.0 Å². The van der Waals surface area contributed by atoms with Gasteiger partial charge in [0.1, 0.15) is 5.75 Å². The highest BCUT2D eigenvalue weighted by Crippen LogP contribution is 2.35. The number of thiophene rings is 1. The predicted octanol–water partition coefficient (Wildman–Crippen LogP) is 1.92. The number of amides is 2. The van der Waals surface area contributed by atoms with E-state index in [1.807, 2.05) is 5.38 Å². The molecule has 10 heteroatoms. The van der Waals surface area contributed by atoms with E-state index in [1.54, 1.807) is 36.3 Å². The summed E-state index contributed by atoms with van der Waals surface area (Å²) in [5.41, 5.74) is 1.62. The smallest absolute Gasteiger partial charge is 0.265 e. The SMILES string of the molecule is Cc1cc2c(cc1S(=O)(=O)N1CCN(C(=O)c3ccsc3)CC1)O[C@H](C)C(=O)N2. The van der Waals surface area contributed by atoms with Gasteiger partial charge >= 0.3 is 0 Å². The van der Waals surface area contributed by atoms with Gasteiger partial charge in [-0.3, -0.25) is 9.59 Å². The fraction of sp³-hybridized carbons (Fsp3) is 0.368. The maximum Gasteiger partial charge on any atom is 0.265 e. The van der Waals surface area contributed by atoms with Crippen LogP contribution in [0.5, 0.6) is 5.75 Å². The lowest BCUT2D eigenvalue weighted by atomic mass is 10.1. The normalized spacial score (nSPS) is 20.0. The van der Waals surface area contributed by atoms with Crippen LogP contribution in [0.4, 0.5) is 5.69 Å². The van der Waals surface area contributed by atoms with Crippen molar-refractivity contribution in [3.8, 4) is 5.75 Å². The third-order valence-electron chi connectivity index (χ3n) is 5.12. The molecule has 2 aliphatic heterocycles. The van der Waals surface area contributed by atoms with Gasteiger partial charge in [0.15, 0.2) is 6.10 Å². The van der Waals surface area contributed by atoms with Crippen molar-refractivity contribution in [2.45, 2.75) is 24.8 Å². The molecule has 1 aromatic heterocycles. The number of nitrogens with zero attached hydrogens (tertiary/aromatic N) is 2. The minimum Gasteiger partial charge on any atom is -0.479 e. The van der Waals surface area contributed by atoms with E-state index < -0.39 is 16.1 Å². The molecule has 1 saturated heterocycles. The van der Waals surface area contributed by atoms with Gasteiger partial charge in [0.2, 0.25) is 10.0 Å². The lowest BCUT2D eigenvalue weighted by molar-refractivity contribution is -0.122. The fourth-order valence-electron chi connectivity index (χ4n) is 3.46. The summed E-state index contributed by atoms with van der Waals surface area (Å²) in [6.07, 6.45) is -0.688. The molecule has 4 rings (SSSR count). The Labute approximate surface area is 173 Å². The van der Waals surface area contributed by atoms with Gasteiger partial charge in [0.25, 0.3) is 11.8 Å². The molecule has 0 radical (unpaired) electrons. The first-order chi connectivity index (χ1) is 13.8. The van der Waals surface area contributed by atoms with Crippen molar-refractivity contribution in [3.63, 3.8) is 0 Å². The van der Waals surface area contributed by atoms with Crippen LogP contribution in [-0.2, 0) is 14.8 Å². The second-order valence-corrected chi connectivity index (χ2v) is 9.76. The number of ether oxygens (including phenoxy) is 1. The molecule has 29 heavy (non-hydrogen) atoms. The molecule has 0 bridgehead atoms. The van der Waals surface area contributed by atoms with Gasteiger partial charge in [-0.05, 0) is 36.9 Å². The third kappa shape index (κ3) is 3.63. The number of piperazine rings is 1. The van der Waals surface area contributed by atoms with E-state index >= 15 is 0 Å². The Morgan fingerprint density at radius 3 is 2.62 bits per heavy atom. The largest absolute Gasteiger partial charge is 0.479 e. The molecular weight excluding hydrogens is 414 g/mol. The van der Waals surface area contributed by atoms with Crippen LogP contribution in [0.1, 0.15) is 22.8 Å². The van der Waals surface area contributed by atoms with Gasteiger partial charge < -0.3 is 15.0 Å². The van der Waals surface area contributed by atoms with Gasteiger partial charge in [-0.2, -0.15) is 15.6 Å². The number of sulfonamides is 1. The van der Waals surface area contributed by atoms with E-state index in [9.17, 15) is 18.0 Å². The van der Waals surface area contributed by atoms with Crippen LogP contribution in [0, 0.1) is 6.92 Å². The highest BCUT2D eigenvalue weighted by atomic mass is 32.2. The summed E-state index contributed by atoms with van der Waals surface area (Å²) in [6, 6.07) is 4.85. The van der Waals surface area contributed by atoms with Crippen molar-refractivity contribution in [2.75, 3.05) is 31.5 Å². The van der Waals surface area contributed by atoms with E-state index in [4.69, 9.17) is 4.74 Å². The quantitative estimate of drug-likeness (QED) is 0.795. The monoisotopic (exact) mass is 435 g/mol. The van der Waals surface area contributed by atoms with Gasteiger partial charge in [0, 0.05) is 37.6 Å². The standard InChI is InChI=1S/C19H21N3O5S2/c1-12-9-15-16(27-13(2)18(23)20-15)10-17(12)29(25,26)22-6-4-21(5-7-22)19(24)14-3-8-28-11-14/h3,8-11,13H,4-7H2,1-2H3,(H,20,23)/t13-/m1/s1.